The Labute approximate surface area is 136 Å². The van der Waals surface area contributed by atoms with Gasteiger partial charge >= 0.3 is 0 Å². The quantitative estimate of drug-likeness (QED) is 0.685. The number of carbonyl (C=O) groups excluding carboxylic acids is 1. The Balaban J connectivity index is 0. The van der Waals surface area contributed by atoms with Gasteiger partial charge in [-0.25, -0.2) is 0 Å². The second-order valence-corrected chi connectivity index (χ2v) is 4.21. The number of Topliss-reactive ketones (excluding diaryl/α,β-unsaturated/α-hetero) is 1. The fourth-order valence-electron chi connectivity index (χ4n) is 1.50. The highest BCUT2D eigenvalue weighted by Crippen LogP contribution is 2.11. The fraction of sp³-hybridized carbons (Fsp3) is 0.556. The van der Waals surface area contributed by atoms with Crippen LogP contribution in [0.2, 0.25) is 0 Å². The van der Waals surface area contributed by atoms with Crippen LogP contribution in [-0.2, 0) is 0 Å². The van der Waals surface area contributed by atoms with Crippen molar-refractivity contribution in [2.24, 2.45) is 5.73 Å². The highest BCUT2D eigenvalue weighted by molar-refractivity contribution is 5.96. The van der Waals surface area contributed by atoms with Crippen LogP contribution < -0.4 is 11.1 Å². The van der Waals surface area contributed by atoms with E-state index in [1.54, 1.807) is 24.7 Å². The number of rotatable bonds is 7. The summed E-state index contributed by atoms with van der Waals surface area (Å²) in [5.41, 5.74) is 8.07. The molecule has 4 nitrogen and oxygen atoms in total. The molecule has 0 aliphatic carbocycles. The molecule has 126 valence electrons. The summed E-state index contributed by atoms with van der Waals surface area (Å²) in [6.45, 7) is 12.0. The number of nitrogens with one attached hydrogen (secondary N) is 1. The molecule has 1 aromatic heterocycles. The summed E-state index contributed by atoms with van der Waals surface area (Å²) in [7, 11) is 0. The highest BCUT2D eigenvalue weighted by Gasteiger charge is 2.03. The molecule has 0 saturated heterocycles. The van der Waals surface area contributed by atoms with Crippen LogP contribution in [-0.4, -0.2) is 10.8 Å². The maximum absolute atomic E-state index is 11.5. The first-order chi connectivity index (χ1) is 10.7. The third-order valence-electron chi connectivity index (χ3n) is 2.62. The number of hydrogen-bond acceptors (Lipinski definition) is 4. The van der Waals surface area contributed by atoms with Gasteiger partial charge in [0.05, 0.1) is 11.9 Å². The van der Waals surface area contributed by atoms with E-state index in [9.17, 15) is 4.79 Å². The van der Waals surface area contributed by atoms with Crippen molar-refractivity contribution in [2.45, 2.75) is 67.2 Å². The molecule has 4 heteroatoms. The van der Waals surface area contributed by atoms with Gasteiger partial charge in [0.2, 0.25) is 0 Å². The molecular formula is C18H33N3O. The molecular weight excluding hydrogens is 274 g/mol. The van der Waals surface area contributed by atoms with E-state index in [1.807, 2.05) is 34.6 Å². The second kappa shape index (κ2) is 15.5. The number of nitrogens with zero attached hydrogens (tertiary/aromatic N) is 1. The van der Waals surface area contributed by atoms with Crippen LogP contribution in [0.25, 0.3) is 0 Å². The van der Waals surface area contributed by atoms with E-state index < -0.39 is 0 Å². The van der Waals surface area contributed by atoms with Crippen molar-refractivity contribution in [1.82, 2.24) is 4.98 Å². The zero-order valence-corrected chi connectivity index (χ0v) is 15.1. The minimum Gasteiger partial charge on any atom is -0.401 e. The predicted octanol–water partition coefficient (Wildman–Crippen LogP) is 5.13. The molecule has 0 bridgehead atoms. The molecule has 0 spiro atoms. The molecule has 1 aromatic rings. The number of unbranched alkanes of at least 4 members (excludes halogenated alkanes) is 1. The van der Waals surface area contributed by atoms with Gasteiger partial charge in [0.15, 0.2) is 5.78 Å². The summed E-state index contributed by atoms with van der Waals surface area (Å²) < 4.78 is 0. The monoisotopic (exact) mass is 307 g/mol. The van der Waals surface area contributed by atoms with Gasteiger partial charge in [-0.05, 0) is 18.9 Å². The lowest BCUT2D eigenvalue weighted by molar-refractivity contribution is 0.0988. The average molecular weight is 307 g/mol. The van der Waals surface area contributed by atoms with Gasteiger partial charge in [-0.2, -0.15) is 0 Å². The largest absolute Gasteiger partial charge is 0.401 e. The third kappa shape index (κ3) is 9.97. The maximum Gasteiger partial charge on any atom is 0.164 e. The molecule has 1 rings (SSSR count). The second-order valence-electron chi connectivity index (χ2n) is 4.21. The Hall–Kier alpha value is -1.84. The molecule has 1 heterocycles. The van der Waals surface area contributed by atoms with Crippen LogP contribution in [0.3, 0.4) is 0 Å². The van der Waals surface area contributed by atoms with Crippen molar-refractivity contribution in [3.8, 4) is 0 Å². The lowest BCUT2D eigenvalue weighted by Crippen LogP contribution is -2.03. The molecule has 0 unspecified atom stereocenters. The fourth-order valence-corrected chi connectivity index (χ4v) is 1.50. The molecule has 0 fully saturated rings. The molecule has 0 saturated carbocycles. The van der Waals surface area contributed by atoms with Crippen molar-refractivity contribution < 1.29 is 4.79 Å². The van der Waals surface area contributed by atoms with Crippen LogP contribution in [0.4, 0.5) is 5.69 Å². The van der Waals surface area contributed by atoms with E-state index in [2.05, 4.69) is 17.2 Å². The molecule has 0 radical (unpaired) electrons. The Morgan fingerprint density at radius 3 is 2.41 bits per heavy atom. The highest BCUT2D eigenvalue weighted by atomic mass is 16.1. The number of ketones is 1. The summed E-state index contributed by atoms with van der Waals surface area (Å²) in [4.78, 5) is 15.6. The molecule has 0 atom stereocenters. The minimum absolute atomic E-state index is 0.0917. The van der Waals surface area contributed by atoms with Crippen molar-refractivity contribution in [3.63, 3.8) is 0 Å². The number of allylic oxidation sites excluding steroid dienone is 1. The van der Waals surface area contributed by atoms with E-state index in [-0.39, 0.29) is 5.78 Å². The summed E-state index contributed by atoms with van der Waals surface area (Å²) in [5.74, 6) is 0.0917. The van der Waals surface area contributed by atoms with Crippen LogP contribution >= 0.6 is 0 Å². The molecule has 0 aliphatic rings. The number of carbonyl (C=O) groups is 1. The van der Waals surface area contributed by atoms with Crippen molar-refractivity contribution in [3.05, 3.63) is 35.9 Å². The van der Waals surface area contributed by atoms with Gasteiger partial charge in [0.25, 0.3) is 0 Å². The first-order valence-corrected chi connectivity index (χ1v) is 8.36. The minimum atomic E-state index is 0.0917. The lowest BCUT2D eigenvalue weighted by Gasteiger charge is -2.05. The van der Waals surface area contributed by atoms with Gasteiger partial charge in [0.1, 0.15) is 0 Å². The van der Waals surface area contributed by atoms with Crippen LogP contribution in [0.15, 0.2) is 30.4 Å². The first-order valence-electron chi connectivity index (χ1n) is 8.36. The Kier molecular flexibility index (Phi) is 15.9. The molecule has 3 N–H and O–H groups in total. The summed E-state index contributed by atoms with van der Waals surface area (Å²) in [5, 5.41) is 3.07. The maximum atomic E-state index is 11.5. The molecule has 0 aliphatic heterocycles. The smallest absolute Gasteiger partial charge is 0.164 e. The van der Waals surface area contributed by atoms with E-state index in [4.69, 9.17) is 5.73 Å². The van der Waals surface area contributed by atoms with E-state index >= 15 is 0 Å². The normalized spacial score (nSPS) is 9.82. The van der Waals surface area contributed by atoms with E-state index in [0.717, 1.165) is 30.6 Å². The lowest BCUT2D eigenvalue weighted by atomic mass is 10.1. The van der Waals surface area contributed by atoms with Gasteiger partial charge in [-0.15, -0.1) is 0 Å². The van der Waals surface area contributed by atoms with Gasteiger partial charge < -0.3 is 11.1 Å². The topological polar surface area (TPSA) is 68.0 Å². The molecule has 0 amide bonds. The SMILES string of the molecule is CC.CC.CCCC/C(N)=C/Nc1cncc(C(=O)CC)c1. The van der Waals surface area contributed by atoms with Gasteiger partial charge in [-0.3, -0.25) is 9.78 Å². The zero-order chi connectivity index (χ0) is 17.4. The van der Waals surface area contributed by atoms with Crippen LogP contribution in [0.1, 0.15) is 77.6 Å². The number of hydrogen-bond donors (Lipinski definition) is 2. The van der Waals surface area contributed by atoms with Crippen LogP contribution in [0.5, 0.6) is 0 Å². The zero-order valence-electron chi connectivity index (χ0n) is 15.1. The predicted molar refractivity (Wildman–Crippen MR) is 97.0 cm³/mol. The molecule has 22 heavy (non-hydrogen) atoms. The van der Waals surface area contributed by atoms with Gasteiger partial charge in [0, 0.05) is 30.1 Å². The first kappa shape index (κ1) is 22.4. The Morgan fingerprint density at radius 2 is 1.86 bits per heavy atom. The molecule has 0 aromatic carbocycles. The summed E-state index contributed by atoms with van der Waals surface area (Å²) in [6, 6.07) is 1.79. The van der Waals surface area contributed by atoms with E-state index in [1.165, 1.54) is 0 Å². The Morgan fingerprint density at radius 1 is 1.23 bits per heavy atom. The Bertz CT molecular complexity index is 428. The summed E-state index contributed by atoms with van der Waals surface area (Å²) >= 11 is 0. The van der Waals surface area contributed by atoms with E-state index in [0.29, 0.717) is 12.0 Å². The third-order valence-corrected chi connectivity index (χ3v) is 2.62. The average Bonchev–Trinajstić information content (AvgIpc) is 2.61. The number of pyridine rings is 1. The van der Waals surface area contributed by atoms with Crippen molar-refractivity contribution >= 4 is 11.5 Å². The number of anilines is 1. The van der Waals surface area contributed by atoms with Crippen LogP contribution in [0, 0.1) is 0 Å². The van der Waals surface area contributed by atoms with Gasteiger partial charge in [-0.1, -0.05) is 48.0 Å². The standard InChI is InChI=1S/C14H21N3O.2C2H6/c1-3-5-6-12(15)9-17-13-7-11(8-16-10-13)14(18)4-2;2*1-2/h7-10,17H,3-6,15H2,1-2H3;2*1-2H3/b12-9-;;. The number of aromatic nitrogens is 1. The van der Waals surface area contributed by atoms with Crippen molar-refractivity contribution in [2.75, 3.05) is 5.32 Å². The summed E-state index contributed by atoms with van der Waals surface area (Å²) in [6.07, 6.45) is 8.60. The number of nitrogens with two attached hydrogens (primary N) is 1. The van der Waals surface area contributed by atoms with Crippen molar-refractivity contribution in [1.29, 1.82) is 0 Å².